The summed E-state index contributed by atoms with van der Waals surface area (Å²) in [6.07, 6.45) is 36.8. The first-order valence-corrected chi connectivity index (χ1v) is 18.3. The molecule has 0 amide bonds. The van der Waals surface area contributed by atoms with Gasteiger partial charge in [-0.1, -0.05) is 174 Å². The third-order valence-electron chi connectivity index (χ3n) is 8.41. The van der Waals surface area contributed by atoms with Crippen LogP contribution in [0, 0.1) is 0 Å². The lowest BCUT2D eigenvalue weighted by molar-refractivity contribution is 0.271. The lowest BCUT2D eigenvalue weighted by Gasteiger charge is -2.12. The van der Waals surface area contributed by atoms with E-state index in [0.29, 0.717) is 0 Å². The molecular formula is C38H70O3. The highest BCUT2D eigenvalue weighted by Crippen LogP contribution is 2.24. The van der Waals surface area contributed by atoms with Crippen molar-refractivity contribution >= 4 is 0 Å². The van der Waals surface area contributed by atoms with Gasteiger partial charge in [0.15, 0.2) is 0 Å². The molecular weight excluding hydrogens is 504 g/mol. The van der Waals surface area contributed by atoms with E-state index in [1.54, 1.807) is 0 Å². The monoisotopic (exact) mass is 575 g/mol. The number of hydrogen-bond donors (Lipinski definition) is 1. The minimum atomic E-state index is 0.0189. The molecule has 3 nitrogen and oxygen atoms in total. The van der Waals surface area contributed by atoms with Gasteiger partial charge in [-0.15, -0.1) is 0 Å². The number of rotatable bonds is 32. The molecule has 1 N–H and O–H groups in total. The standard InChI is InChI=1S/C38H70O3/c1-3-5-7-9-11-13-15-16-17-18-19-21-23-25-27-29-31-41-38-33-36(35-39)32-37(34-38)40-30-28-26-24-22-20-14-12-10-8-6-4-2/h32-34,39H,3-31,35H2,1-2H3. The largest absolute Gasteiger partial charge is 0.493 e. The first-order valence-electron chi connectivity index (χ1n) is 18.3. The van der Waals surface area contributed by atoms with E-state index in [1.165, 1.54) is 161 Å². The predicted octanol–water partition coefficient (Wildman–Crippen LogP) is 12.5. The van der Waals surface area contributed by atoms with Crippen molar-refractivity contribution in [1.29, 1.82) is 0 Å². The second kappa shape index (κ2) is 30.2. The molecule has 0 saturated heterocycles. The topological polar surface area (TPSA) is 38.7 Å². The Bertz CT molecular complexity index is 659. The molecule has 0 atom stereocenters. The summed E-state index contributed by atoms with van der Waals surface area (Å²) in [4.78, 5) is 0. The highest BCUT2D eigenvalue weighted by molar-refractivity contribution is 5.38. The molecule has 0 unspecified atom stereocenters. The first-order chi connectivity index (χ1) is 20.3. The Hall–Kier alpha value is -1.22. The smallest absolute Gasteiger partial charge is 0.123 e. The number of unbranched alkanes of at least 4 members (excludes halogenated alkanes) is 25. The quantitative estimate of drug-likeness (QED) is 0.0870. The summed E-state index contributed by atoms with van der Waals surface area (Å²) in [5.41, 5.74) is 0.864. The lowest BCUT2D eigenvalue weighted by atomic mass is 10.0. The van der Waals surface area contributed by atoms with Gasteiger partial charge in [0.1, 0.15) is 11.5 Å². The molecule has 0 aliphatic carbocycles. The van der Waals surface area contributed by atoms with E-state index in [9.17, 15) is 5.11 Å². The van der Waals surface area contributed by atoms with Crippen LogP contribution in [0.2, 0.25) is 0 Å². The third-order valence-corrected chi connectivity index (χ3v) is 8.41. The van der Waals surface area contributed by atoms with Crippen LogP contribution in [0.25, 0.3) is 0 Å². The number of benzene rings is 1. The van der Waals surface area contributed by atoms with E-state index >= 15 is 0 Å². The van der Waals surface area contributed by atoms with Gasteiger partial charge in [0.2, 0.25) is 0 Å². The SMILES string of the molecule is CCCCCCCCCCCCCCCCCCOc1cc(CO)cc(OCCCCCCCCCCCCC)c1. The van der Waals surface area contributed by atoms with E-state index in [0.717, 1.165) is 43.1 Å². The Morgan fingerprint density at radius 3 is 0.927 bits per heavy atom. The molecule has 0 fully saturated rings. The summed E-state index contributed by atoms with van der Waals surface area (Å²) in [6.45, 7) is 6.07. The minimum Gasteiger partial charge on any atom is -0.493 e. The molecule has 3 heteroatoms. The van der Waals surface area contributed by atoms with Crippen molar-refractivity contribution in [3.05, 3.63) is 23.8 Å². The predicted molar refractivity (Wildman–Crippen MR) is 179 cm³/mol. The molecule has 240 valence electrons. The fourth-order valence-electron chi connectivity index (χ4n) is 5.69. The average molecular weight is 575 g/mol. The number of aliphatic hydroxyl groups excluding tert-OH is 1. The van der Waals surface area contributed by atoms with Crippen molar-refractivity contribution in [3.8, 4) is 11.5 Å². The zero-order chi connectivity index (χ0) is 29.5. The van der Waals surface area contributed by atoms with Crippen molar-refractivity contribution in [1.82, 2.24) is 0 Å². The van der Waals surface area contributed by atoms with Crippen LogP contribution in [0.1, 0.15) is 193 Å². The fourth-order valence-corrected chi connectivity index (χ4v) is 5.69. The Morgan fingerprint density at radius 1 is 0.390 bits per heavy atom. The summed E-state index contributed by atoms with van der Waals surface area (Å²) < 4.78 is 12.0. The molecule has 0 bridgehead atoms. The van der Waals surface area contributed by atoms with Crippen molar-refractivity contribution in [3.63, 3.8) is 0 Å². The van der Waals surface area contributed by atoms with E-state index in [2.05, 4.69) is 13.8 Å². The molecule has 1 aromatic rings. The summed E-state index contributed by atoms with van der Waals surface area (Å²) in [6, 6.07) is 5.88. The minimum absolute atomic E-state index is 0.0189. The van der Waals surface area contributed by atoms with Gasteiger partial charge in [0, 0.05) is 6.07 Å². The second-order valence-corrected chi connectivity index (χ2v) is 12.5. The molecule has 1 aromatic carbocycles. The van der Waals surface area contributed by atoms with Crippen LogP contribution in [0.3, 0.4) is 0 Å². The molecule has 1 rings (SSSR count). The zero-order valence-corrected chi connectivity index (χ0v) is 27.7. The van der Waals surface area contributed by atoms with Crippen LogP contribution in [0.5, 0.6) is 11.5 Å². The number of ether oxygens (including phenoxy) is 2. The lowest BCUT2D eigenvalue weighted by Crippen LogP contribution is -2.01. The highest BCUT2D eigenvalue weighted by atomic mass is 16.5. The van der Waals surface area contributed by atoms with Gasteiger partial charge < -0.3 is 14.6 Å². The Balaban J connectivity index is 1.99. The maximum atomic E-state index is 9.67. The van der Waals surface area contributed by atoms with E-state index in [-0.39, 0.29) is 6.61 Å². The fraction of sp³-hybridized carbons (Fsp3) is 0.842. The number of aliphatic hydroxyl groups is 1. The maximum absolute atomic E-state index is 9.67. The molecule has 0 saturated carbocycles. The zero-order valence-electron chi connectivity index (χ0n) is 27.7. The van der Waals surface area contributed by atoms with Crippen LogP contribution < -0.4 is 9.47 Å². The highest BCUT2D eigenvalue weighted by Gasteiger charge is 2.04. The third kappa shape index (κ3) is 25.0. The molecule has 0 heterocycles. The summed E-state index contributed by atoms with van der Waals surface area (Å²) in [7, 11) is 0. The van der Waals surface area contributed by atoms with Crippen LogP contribution in [-0.2, 0) is 6.61 Å². The molecule has 0 aliphatic rings. The van der Waals surface area contributed by atoms with E-state index in [1.807, 2.05) is 18.2 Å². The molecule has 41 heavy (non-hydrogen) atoms. The summed E-state index contributed by atoms with van der Waals surface area (Å²) in [5.74, 6) is 1.65. The van der Waals surface area contributed by atoms with E-state index in [4.69, 9.17) is 9.47 Å². The van der Waals surface area contributed by atoms with Gasteiger partial charge in [0.25, 0.3) is 0 Å². The molecule has 0 spiro atoms. The summed E-state index contributed by atoms with van der Waals surface area (Å²) in [5, 5.41) is 9.67. The van der Waals surface area contributed by atoms with Gasteiger partial charge in [-0.05, 0) is 30.5 Å². The van der Waals surface area contributed by atoms with E-state index < -0.39 is 0 Å². The molecule has 0 aliphatic heterocycles. The Kier molecular flexibility index (Phi) is 27.9. The van der Waals surface area contributed by atoms with Crippen LogP contribution >= 0.6 is 0 Å². The molecule has 0 radical (unpaired) electrons. The van der Waals surface area contributed by atoms with Crippen LogP contribution in [0.4, 0.5) is 0 Å². The van der Waals surface area contributed by atoms with Crippen LogP contribution in [0.15, 0.2) is 18.2 Å². The van der Waals surface area contributed by atoms with Crippen molar-refractivity contribution < 1.29 is 14.6 Å². The normalized spacial score (nSPS) is 11.3. The van der Waals surface area contributed by atoms with Crippen molar-refractivity contribution in [2.45, 2.75) is 194 Å². The maximum Gasteiger partial charge on any atom is 0.123 e. The second-order valence-electron chi connectivity index (χ2n) is 12.5. The first kappa shape index (κ1) is 37.8. The Morgan fingerprint density at radius 2 is 0.659 bits per heavy atom. The average Bonchev–Trinajstić information content (AvgIpc) is 2.99. The van der Waals surface area contributed by atoms with Gasteiger partial charge in [-0.2, -0.15) is 0 Å². The van der Waals surface area contributed by atoms with Crippen molar-refractivity contribution in [2.75, 3.05) is 13.2 Å². The summed E-state index contributed by atoms with van der Waals surface area (Å²) >= 11 is 0. The van der Waals surface area contributed by atoms with Gasteiger partial charge in [0.05, 0.1) is 19.8 Å². The molecule has 0 aromatic heterocycles. The van der Waals surface area contributed by atoms with Crippen molar-refractivity contribution in [2.24, 2.45) is 0 Å². The number of hydrogen-bond acceptors (Lipinski definition) is 3. The van der Waals surface area contributed by atoms with Gasteiger partial charge in [-0.25, -0.2) is 0 Å². The Labute approximate surface area is 256 Å². The van der Waals surface area contributed by atoms with Gasteiger partial charge in [-0.3, -0.25) is 0 Å². The van der Waals surface area contributed by atoms with Crippen LogP contribution in [-0.4, -0.2) is 18.3 Å². The van der Waals surface area contributed by atoms with Gasteiger partial charge >= 0.3 is 0 Å².